The van der Waals surface area contributed by atoms with Crippen molar-refractivity contribution in [1.82, 2.24) is 10.6 Å². The Bertz CT molecular complexity index is 584. The third-order valence-corrected chi connectivity index (χ3v) is 3.82. The lowest BCUT2D eigenvalue weighted by atomic mass is 10.0. The summed E-state index contributed by atoms with van der Waals surface area (Å²) in [7, 11) is 1.67. The van der Waals surface area contributed by atoms with Crippen molar-refractivity contribution in [3.8, 4) is 0 Å². The number of carbonyl (C=O) groups excluding carboxylic acids is 1. The topological polar surface area (TPSA) is 41.1 Å². The standard InChI is InChI=1S/C18H21ClN2O/c1-20-18(22)17(13-15-5-3-2-4-6-15)21-12-11-14-7-9-16(19)10-8-14/h2-10,17,21H,11-13H2,1H3,(H,20,22). The molecule has 1 atom stereocenters. The van der Waals surface area contributed by atoms with E-state index >= 15 is 0 Å². The Hall–Kier alpha value is -1.84. The molecule has 0 aliphatic carbocycles. The number of amides is 1. The quantitative estimate of drug-likeness (QED) is 0.824. The van der Waals surface area contributed by atoms with Crippen LogP contribution >= 0.6 is 11.6 Å². The van der Waals surface area contributed by atoms with Crippen molar-refractivity contribution in [3.05, 3.63) is 70.7 Å². The fourth-order valence-corrected chi connectivity index (χ4v) is 2.45. The molecule has 0 aliphatic heterocycles. The number of hydrogen-bond donors (Lipinski definition) is 2. The summed E-state index contributed by atoms with van der Waals surface area (Å²) in [6.07, 6.45) is 1.54. The molecule has 4 heteroatoms. The molecule has 0 aromatic heterocycles. The molecule has 0 spiro atoms. The van der Waals surface area contributed by atoms with Crippen LogP contribution in [0.2, 0.25) is 5.02 Å². The Kier molecular flexibility index (Phi) is 6.44. The van der Waals surface area contributed by atoms with Crippen LogP contribution in [0.25, 0.3) is 0 Å². The van der Waals surface area contributed by atoms with E-state index in [1.54, 1.807) is 7.05 Å². The first-order valence-corrected chi connectivity index (χ1v) is 7.80. The molecule has 1 amide bonds. The number of hydrogen-bond acceptors (Lipinski definition) is 2. The van der Waals surface area contributed by atoms with Gasteiger partial charge in [-0.1, -0.05) is 54.1 Å². The maximum atomic E-state index is 12.0. The molecule has 22 heavy (non-hydrogen) atoms. The zero-order valence-electron chi connectivity index (χ0n) is 12.7. The second-order valence-corrected chi connectivity index (χ2v) is 5.62. The van der Waals surface area contributed by atoms with E-state index in [2.05, 4.69) is 10.6 Å². The largest absolute Gasteiger partial charge is 0.358 e. The summed E-state index contributed by atoms with van der Waals surface area (Å²) in [5.41, 5.74) is 2.35. The molecule has 3 nitrogen and oxygen atoms in total. The molecule has 2 rings (SSSR count). The molecule has 0 saturated carbocycles. The van der Waals surface area contributed by atoms with E-state index in [0.29, 0.717) is 6.42 Å². The lowest BCUT2D eigenvalue weighted by Gasteiger charge is -2.17. The van der Waals surface area contributed by atoms with E-state index in [1.807, 2.05) is 54.6 Å². The van der Waals surface area contributed by atoms with Gasteiger partial charge in [0.2, 0.25) is 5.91 Å². The Morgan fingerprint density at radius 1 is 1.05 bits per heavy atom. The number of rotatable bonds is 7. The molecule has 2 aromatic rings. The minimum atomic E-state index is -0.222. The van der Waals surface area contributed by atoms with Crippen LogP contribution in [0.1, 0.15) is 11.1 Å². The van der Waals surface area contributed by atoms with Crippen molar-refractivity contribution < 1.29 is 4.79 Å². The number of carbonyl (C=O) groups is 1. The van der Waals surface area contributed by atoms with Gasteiger partial charge in [0.1, 0.15) is 0 Å². The average molecular weight is 317 g/mol. The fraction of sp³-hybridized carbons (Fsp3) is 0.278. The van der Waals surface area contributed by atoms with Gasteiger partial charge in [0.15, 0.2) is 0 Å². The van der Waals surface area contributed by atoms with Crippen molar-refractivity contribution in [2.45, 2.75) is 18.9 Å². The Labute approximate surface area is 136 Å². The molecular formula is C18H21ClN2O. The maximum absolute atomic E-state index is 12.0. The van der Waals surface area contributed by atoms with Crippen LogP contribution in [0, 0.1) is 0 Å². The fourth-order valence-electron chi connectivity index (χ4n) is 2.32. The predicted octanol–water partition coefficient (Wildman–Crippen LogP) is 2.83. The lowest BCUT2D eigenvalue weighted by molar-refractivity contribution is -0.122. The Balaban J connectivity index is 1.89. The van der Waals surface area contributed by atoms with Gasteiger partial charge < -0.3 is 10.6 Å². The second kappa shape index (κ2) is 8.57. The van der Waals surface area contributed by atoms with Gasteiger partial charge in [-0.15, -0.1) is 0 Å². The first-order valence-electron chi connectivity index (χ1n) is 7.42. The minimum Gasteiger partial charge on any atom is -0.358 e. The third kappa shape index (κ3) is 5.17. The normalized spacial score (nSPS) is 11.9. The molecule has 0 radical (unpaired) electrons. The van der Waals surface area contributed by atoms with E-state index in [1.165, 1.54) is 5.56 Å². The van der Waals surface area contributed by atoms with Crippen molar-refractivity contribution in [2.75, 3.05) is 13.6 Å². The molecule has 0 saturated heterocycles. The van der Waals surface area contributed by atoms with Crippen molar-refractivity contribution >= 4 is 17.5 Å². The summed E-state index contributed by atoms with van der Waals surface area (Å²) in [5, 5.41) is 6.80. The first-order chi connectivity index (χ1) is 10.7. The van der Waals surface area contributed by atoms with E-state index < -0.39 is 0 Å². The molecule has 2 aromatic carbocycles. The monoisotopic (exact) mass is 316 g/mol. The van der Waals surface area contributed by atoms with E-state index in [-0.39, 0.29) is 11.9 Å². The molecule has 2 N–H and O–H groups in total. The third-order valence-electron chi connectivity index (χ3n) is 3.56. The molecule has 0 aliphatic rings. The van der Waals surface area contributed by atoms with E-state index in [0.717, 1.165) is 23.6 Å². The van der Waals surface area contributed by atoms with Gasteiger partial charge in [-0.25, -0.2) is 0 Å². The summed E-state index contributed by atoms with van der Waals surface area (Å²) in [5.74, 6) is 0.0139. The van der Waals surface area contributed by atoms with E-state index in [9.17, 15) is 4.79 Å². The summed E-state index contributed by atoms with van der Waals surface area (Å²) >= 11 is 5.88. The van der Waals surface area contributed by atoms with Gasteiger partial charge in [0.05, 0.1) is 6.04 Å². The average Bonchev–Trinajstić information content (AvgIpc) is 2.56. The smallest absolute Gasteiger partial charge is 0.237 e. The van der Waals surface area contributed by atoms with Crippen molar-refractivity contribution in [2.24, 2.45) is 0 Å². The molecular weight excluding hydrogens is 296 g/mol. The summed E-state index contributed by atoms with van der Waals surface area (Å²) in [6, 6.07) is 17.6. The highest BCUT2D eigenvalue weighted by molar-refractivity contribution is 6.30. The van der Waals surface area contributed by atoms with Gasteiger partial charge >= 0.3 is 0 Å². The lowest BCUT2D eigenvalue weighted by Crippen LogP contribution is -2.45. The van der Waals surface area contributed by atoms with Gasteiger partial charge in [-0.3, -0.25) is 4.79 Å². The second-order valence-electron chi connectivity index (χ2n) is 5.19. The van der Waals surface area contributed by atoms with Crippen LogP contribution < -0.4 is 10.6 Å². The van der Waals surface area contributed by atoms with Crippen LogP contribution in [0.3, 0.4) is 0 Å². The van der Waals surface area contributed by atoms with Crippen molar-refractivity contribution in [3.63, 3.8) is 0 Å². The maximum Gasteiger partial charge on any atom is 0.237 e. The number of halogens is 1. The van der Waals surface area contributed by atoms with Crippen LogP contribution in [0.4, 0.5) is 0 Å². The van der Waals surface area contributed by atoms with Crippen molar-refractivity contribution in [1.29, 1.82) is 0 Å². The zero-order chi connectivity index (χ0) is 15.8. The molecule has 116 valence electrons. The molecule has 0 heterocycles. The van der Waals surface area contributed by atoms with Crippen LogP contribution in [-0.4, -0.2) is 25.5 Å². The Morgan fingerprint density at radius 3 is 2.36 bits per heavy atom. The first kappa shape index (κ1) is 16.5. The highest BCUT2D eigenvalue weighted by Crippen LogP contribution is 2.10. The summed E-state index contributed by atoms with van der Waals surface area (Å²) in [4.78, 5) is 12.0. The highest BCUT2D eigenvalue weighted by atomic mass is 35.5. The SMILES string of the molecule is CNC(=O)C(Cc1ccccc1)NCCc1ccc(Cl)cc1. The van der Waals surface area contributed by atoms with Crippen LogP contribution in [-0.2, 0) is 17.6 Å². The van der Waals surface area contributed by atoms with Gasteiger partial charge in [0.25, 0.3) is 0 Å². The predicted molar refractivity (Wildman–Crippen MR) is 91.2 cm³/mol. The van der Waals surface area contributed by atoms with Crippen LogP contribution in [0.15, 0.2) is 54.6 Å². The Morgan fingerprint density at radius 2 is 1.73 bits per heavy atom. The number of benzene rings is 2. The molecule has 1 unspecified atom stereocenters. The number of likely N-dealkylation sites (N-methyl/N-ethyl adjacent to an activating group) is 1. The van der Waals surface area contributed by atoms with Gasteiger partial charge in [-0.2, -0.15) is 0 Å². The molecule has 0 bridgehead atoms. The summed E-state index contributed by atoms with van der Waals surface area (Å²) < 4.78 is 0. The van der Waals surface area contributed by atoms with Gasteiger partial charge in [-0.05, 0) is 42.6 Å². The number of nitrogens with one attached hydrogen (secondary N) is 2. The summed E-state index contributed by atoms with van der Waals surface area (Å²) in [6.45, 7) is 0.743. The molecule has 0 fully saturated rings. The highest BCUT2D eigenvalue weighted by Gasteiger charge is 2.16. The minimum absolute atomic E-state index is 0.0139. The van der Waals surface area contributed by atoms with Gasteiger partial charge in [0, 0.05) is 12.1 Å². The zero-order valence-corrected chi connectivity index (χ0v) is 13.4. The van der Waals surface area contributed by atoms with Crippen LogP contribution in [0.5, 0.6) is 0 Å². The van der Waals surface area contributed by atoms with E-state index in [4.69, 9.17) is 11.6 Å².